The highest BCUT2D eigenvalue weighted by Gasteiger charge is 2.00. The lowest BCUT2D eigenvalue weighted by molar-refractivity contribution is 0.281. The number of aliphatic hydroxyl groups excluding tert-OH is 1. The molecule has 0 saturated carbocycles. The predicted molar refractivity (Wildman–Crippen MR) is 71.6 cm³/mol. The third-order valence-corrected chi connectivity index (χ3v) is 3.03. The molecule has 1 aromatic heterocycles. The lowest BCUT2D eigenvalue weighted by Crippen LogP contribution is -2.02. The number of halogens is 1. The van der Waals surface area contributed by atoms with Crippen LogP contribution in [0.15, 0.2) is 47.1 Å². The van der Waals surface area contributed by atoms with E-state index in [4.69, 9.17) is 5.11 Å². The molecule has 0 saturated heterocycles. The van der Waals surface area contributed by atoms with Gasteiger partial charge < -0.3 is 10.4 Å². The molecular formula is C13H13BrN2O. The van der Waals surface area contributed by atoms with Crippen LogP contribution in [0, 0.1) is 0 Å². The van der Waals surface area contributed by atoms with E-state index >= 15 is 0 Å². The number of pyridine rings is 1. The fourth-order valence-electron chi connectivity index (χ4n) is 1.54. The molecule has 0 aliphatic heterocycles. The molecule has 2 N–H and O–H groups in total. The van der Waals surface area contributed by atoms with E-state index in [2.05, 4.69) is 26.2 Å². The molecule has 0 spiro atoms. The van der Waals surface area contributed by atoms with Gasteiger partial charge in [-0.1, -0.05) is 24.3 Å². The third-order valence-electron chi connectivity index (χ3n) is 2.39. The molecule has 0 fully saturated rings. The number of nitrogens with one attached hydrogen (secondary N) is 1. The van der Waals surface area contributed by atoms with Crippen LogP contribution in [0.3, 0.4) is 0 Å². The molecule has 0 aliphatic carbocycles. The standard InChI is InChI=1S/C13H13BrN2O/c14-12-5-2-6-15-13(12)16-8-10-3-1-4-11(7-10)9-17/h1-7,17H,8-9H2,(H,15,16). The lowest BCUT2D eigenvalue weighted by Gasteiger charge is -2.08. The van der Waals surface area contributed by atoms with E-state index in [0.717, 1.165) is 21.4 Å². The summed E-state index contributed by atoms with van der Waals surface area (Å²) < 4.78 is 0.943. The highest BCUT2D eigenvalue weighted by molar-refractivity contribution is 9.10. The Bertz CT molecular complexity index is 502. The summed E-state index contributed by atoms with van der Waals surface area (Å²) in [5, 5.41) is 12.3. The molecule has 2 rings (SSSR count). The molecule has 1 heterocycles. The Balaban J connectivity index is 2.05. The van der Waals surface area contributed by atoms with E-state index in [1.165, 1.54) is 0 Å². The fraction of sp³-hybridized carbons (Fsp3) is 0.154. The smallest absolute Gasteiger partial charge is 0.140 e. The van der Waals surface area contributed by atoms with Gasteiger partial charge in [-0.2, -0.15) is 0 Å². The largest absolute Gasteiger partial charge is 0.392 e. The molecule has 0 amide bonds. The van der Waals surface area contributed by atoms with Gasteiger partial charge in [-0.3, -0.25) is 0 Å². The summed E-state index contributed by atoms with van der Waals surface area (Å²) in [4.78, 5) is 4.23. The van der Waals surface area contributed by atoms with Crippen molar-refractivity contribution in [1.82, 2.24) is 4.98 Å². The second-order valence-corrected chi connectivity index (χ2v) is 4.52. The van der Waals surface area contributed by atoms with Gasteiger partial charge >= 0.3 is 0 Å². The SMILES string of the molecule is OCc1cccc(CNc2ncccc2Br)c1. The monoisotopic (exact) mass is 292 g/mol. The quantitative estimate of drug-likeness (QED) is 0.911. The number of benzene rings is 1. The number of hydrogen-bond donors (Lipinski definition) is 2. The first-order valence-electron chi connectivity index (χ1n) is 5.32. The molecule has 3 nitrogen and oxygen atoms in total. The molecule has 88 valence electrons. The van der Waals surface area contributed by atoms with Crippen molar-refractivity contribution in [3.63, 3.8) is 0 Å². The van der Waals surface area contributed by atoms with Crippen LogP contribution in [0.2, 0.25) is 0 Å². The van der Waals surface area contributed by atoms with Crippen LogP contribution in [-0.4, -0.2) is 10.1 Å². The Morgan fingerprint density at radius 2 is 2.00 bits per heavy atom. The van der Waals surface area contributed by atoms with Crippen LogP contribution in [0.4, 0.5) is 5.82 Å². The van der Waals surface area contributed by atoms with E-state index in [0.29, 0.717) is 6.54 Å². The zero-order valence-corrected chi connectivity index (χ0v) is 10.8. The highest BCUT2D eigenvalue weighted by Crippen LogP contribution is 2.19. The summed E-state index contributed by atoms with van der Waals surface area (Å²) in [6, 6.07) is 11.7. The van der Waals surface area contributed by atoms with Crippen LogP contribution in [0.25, 0.3) is 0 Å². The number of aliphatic hydroxyl groups is 1. The number of hydrogen-bond acceptors (Lipinski definition) is 3. The second kappa shape index (κ2) is 5.80. The molecule has 0 aliphatic rings. The van der Waals surface area contributed by atoms with Crippen LogP contribution in [-0.2, 0) is 13.2 Å². The molecule has 4 heteroatoms. The maximum Gasteiger partial charge on any atom is 0.140 e. The van der Waals surface area contributed by atoms with Crippen molar-refractivity contribution in [2.75, 3.05) is 5.32 Å². The minimum absolute atomic E-state index is 0.0706. The fourth-order valence-corrected chi connectivity index (χ4v) is 1.93. The first-order chi connectivity index (χ1) is 8.29. The van der Waals surface area contributed by atoms with Crippen molar-refractivity contribution in [3.05, 3.63) is 58.2 Å². The second-order valence-electron chi connectivity index (χ2n) is 3.67. The minimum atomic E-state index is 0.0706. The summed E-state index contributed by atoms with van der Waals surface area (Å²) in [6.07, 6.45) is 1.75. The summed E-state index contributed by atoms with van der Waals surface area (Å²) in [6.45, 7) is 0.755. The molecule has 2 aromatic rings. The van der Waals surface area contributed by atoms with E-state index in [9.17, 15) is 0 Å². The molecular weight excluding hydrogens is 280 g/mol. The maximum absolute atomic E-state index is 9.05. The molecule has 1 aromatic carbocycles. The van der Waals surface area contributed by atoms with Crippen molar-refractivity contribution >= 4 is 21.7 Å². The van der Waals surface area contributed by atoms with Crippen molar-refractivity contribution in [2.45, 2.75) is 13.2 Å². The summed E-state index contributed by atoms with van der Waals surface area (Å²) in [5.74, 6) is 0.821. The Labute approximate surface area is 109 Å². The average Bonchev–Trinajstić information content (AvgIpc) is 2.38. The number of rotatable bonds is 4. The Morgan fingerprint density at radius 1 is 1.18 bits per heavy atom. The van der Waals surface area contributed by atoms with Gasteiger partial charge in [0.1, 0.15) is 5.82 Å². The zero-order valence-electron chi connectivity index (χ0n) is 9.23. The van der Waals surface area contributed by atoms with Crippen LogP contribution in [0.1, 0.15) is 11.1 Å². The van der Waals surface area contributed by atoms with Crippen molar-refractivity contribution < 1.29 is 5.11 Å². The van der Waals surface area contributed by atoms with Gasteiger partial charge in [0.15, 0.2) is 0 Å². The molecule has 0 atom stereocenters. The minimum Gasteiger partial charge on any atom is -0.392 e. The van der Waals surface area contributed by atoms with E-state index < -0.39 is 0 Å². The first kappa shape index (κ1) is 12.1. The van der Waals surface area contributed by atoms with Crippen LogP contribution < -0.4 is 5.32 Å². The van der Waals surface area contributed by atoms with Crippen molar-refractivity contribution in [1.29, 1.82) is 0 Å². The predicted octanol–water partition coefficient (Wildman–Crippen LogP) is 2.95. The van der Waals surface area contributed by atoms with Gasteiger partial charge in [-0.15, -0.1) is 0 Å². The number of anilines is 1. The van der Waals surface area contributed by atoms with Gasteiger partial charge in [0.25, 0.3) is 0 Å². The Hall–Kier alpha value is -1.39. The van der Waals surface area contributed by atoms with E-state index in [1.807, 2.05) is 36.4 Å². The number of aromatic nitrogens is 1. The normalized spacial score (nSPS) is 10.2. The van der Waals surface area contributed by atoms with Crippen LogP contribution in [0.5, 0.6) is 0 Å². The molecule has 0 radical (unpaired) electrons. The Kier molecular flexibility index (Phi) is 4.12. The molecule has 0 bridgehead atoms. The topological polar surface area (TPSA) is 45.1 Å². The van der Waals surface area contributed by atoms with Gasteiger partial charge in [0, 0.05) is 12.7 Å². The summed E-state index contributed by atoms with van der Waals surface area (Å²) in [5.41, 5.74) is 2.04. The van der Waals surface area contributed by atoms with Gasteiger partial charge in [-0.25, -0.2) is 4.98 Å². The summed E-state index contributed by atoms with van der Waals surface area (Å²) >= 11 is 3.43. The van der Waals surface area contributed by atoms with Gasteiger partial charge in [0.05, 0.1) is 11.1 Å². The van der Waals surface area contributed by atoms with Gasteiger partial charge in [0.2, 0.25) is 0 Å². The average molecular weight is 293 g/mol. The van der Waals surface area contributed by atoms with Crippen LogP contribution >= 0.6 is 15.9 Å². The van der Waals surface area contributed by atoms with Gasteiger partial charge in [-0.05, 0) is 39.2 Å². The maximum atomic E-state index is 9.05. The third kappa shape index (κ3) is 3.28. The zero-order chi connectivity index (χ0) is 12.1. The molecule has 0 unspecified atom stereocenters. The number of nitrogens with zero attached hydrogens (tertiary/aromatic N) is 1. The lowest BCUT2D eigenvalue weighted by atomic mass is 10.1. The molecule has 17 heavy (non-hydrogen) atoms. The first-order valence-corrected chi connectivity index (χ1v) is 6.12. The summed E-state index contributed by atoms with van der Waals surface area (Å²) in [7, 11) is 0. The van der Waals surface area contributed by atoms with E-state index in [1.54, 1.807) is 6.20 Å². The van der Waals surface area contributed by atoms with Crippen molar-refractivity contribution in [3.8, 4) is 0 Å². The van der Waals surface area contributed by atoms with Crippen molar-refractivity contribution in [2.24, 2.45) is 0 Å². The Morgan fingerprint density at radius 3 is 2.76 bits per heavy atom. The highest BCUT2D eigenvalue weighted by atomic mass is 79.9. The van der Waals surface area contributed by atoms with E-state index in [-0.39, 0.29) is 6.61 Å².